The predicted molar refractivity (Wildman–Crippen MR) is 92.2 cm³/mol. The van der Waals surface area contributed by atoms with Gasteiger partial charge in [-0.3, -0.25) is 0 Å². The minimum atomic E-state index is -0.902. The third kappa shape index (κ3) is 2.86. The van der Waals surface area contributed by atoms with Crippen molar-refractivity contribution in [3.05, 3.63) is 42.2 Å². The molecule has 0 spiro atoms. The lowest BCUT2D eigenvalue weighted by Gasteiger charge is -2.28. The van der Waals surface area contributed by atoms with Gasteiger partial charge in [0.15, 0.2) is 11.5 Å². The largest absolute Gasteiger partial charge is 0.465 e. The van der Waals surface area contributed by atoms with E-state index in [0.717, 1.165) is 24.1 Å². The van der Waals surface area contributed by atoms with Crippen LogP contribution in [-0.4, -0.2) is 48.8 Å². The monoisotopic (exact) mass is 338 g/mol. The van der Waals surface area contributed by atoms with E-state index in [2.05, 4.69) is 15.1 Å². The van der Waals surface area contributed by atoms with E-state index in [1.807, 2.05) is 36.4 Å². The van der Waals surface area contributed by atoms with Crippen molar-refractivity contribution in [2.24, 2.45) is 0 Å². The smallest absolute Gasteiger partial charge is 0.407 e. The topological polar surface area (TPSA) is 110 Å². The first-order valence-electron chi connectivity index (χ1n) is 8.18. The SMILES string of the molecule is Nc1nc(-c2ccccc2)cc2nc(C3CCCN(C(=O)O)C3)nn12. The molecule has 8 heteroatoms. The Morgan fingerprint density at radius 2 is 2.04 bits per heavy atom. The zero-order chi connectivity index (χ0) is 17.4. The van der Waals surface area contributed by atoms with Crippen LogP contribution < -0.4 is 5.73 Å². The van der Waals surface area contributed by atoms with E-state index in [0.29, 0.717) is 24.6 Å². The number of hydrogen-bond donors (Lipinski definition) is 2. The van der Waals surface area contributed by atoms with Crippen LogP contribution >= 0.6 is 0 Å². The minimum Gasteiger partial charge on any atom is -0.465 e. The van der Waals surface area contributed by atoms with Crippen molar-refractivity contribution >= 4 is 17.7 Å². The van der Waals surface area contributed by atoms with Gasteiger partial charge in [0.25, 0.3) is 0 Å². The van der Waals surface area contributed by atoms with Crippen molar-refractivity contribution in [2.45, 2.75) is 18.8 Å². The number of likely N-dealkylation sites (tertiary alicyclic amines) is 1. The van der Waals surface area contributed by atoms with Crippen molar-refractivity contribution in [3.8, 4) is 11.3 Å². The average Bonchev–Trinajstić information content (AvgIpc) is 3.07. The number of aromatic nitrogens is 4. The van der Waals surface area contributed by atoms with Gasteiger partial charge in [-0.1, -0.05) is 30.3 Å². The molecule has 0 saturated carbocycles. The van der Waals surface area contributed by atoms with Gasteiger partial charge in [0.2, 0.25) is 5.95 Å². The van der Waals surface area contributed by atoms with Gasteiger partial charge in [-0.25, -0.2) is 14.8 Å². The number of carbonyl (C=O) groups is 1. The number of benzene rings is 1. The highest BCUT2D eigenvalue weighted by molar-refractivity contribution is 5.66. The summed E-state index contributed by atoms with van der Waals surface area (Å²) in [5, 5.41) is 13.7. The van der Waals surface area contributed by atoms with Gasteiger partial charge in [-0.05, 0) is 12.8 Å². The highest BCUT2D eigenvalue weighted by Gasteiger charge is 2.27. The Morgan fingerprint density at radius 3 is 2.80 bits per heavy atom. The van der Waals surface area contributed by atoms with E-state index in [4.69, 9.17) is 5.73 Å². The normalized spacial score (nSPS) is 17.8. The lowest BCUT2D eigenvalue weighted by atomic mass is 9.98. The molecule has 1 aliphatic rings. The molecule has 1 aromatic carbocycles. The van der Waals surface area contributed by atoms with Crippen molar-refractivity contribution in [3.63, 3.8) is 0 Å². The first-order chi connectivity index (χ1) is 12.1. The fourth-order valence-electron chi connectivity index (χ4n) is 3.22. The van der Waals surface area contributed by atoms with Crippen molar-refractivity contribution < 1.29 is 9.90 Å². The average molecular weight is 338 g/mol. The van der Waals surface area contributed by atoms with Crippen LogP contribution in [0.2, 0.25) is 0 Å². The number of amides is 1. The Bertz CT molecular complexity index is 924. The Kier molecular flexibility index (Phi) is 3.72. The van der Waals surface area contributed by atoms with Gasteiger partial charge < -0.3 is 15.7 Å². The van der Waals surface area contributed by atoms with Crippen LogP contribution in [0.5, 0.6) is 0 Å². The molecule has 1 amide bonds. The van der Waals surface area contributed by atoms with E-state index in [1.165, 1.54) is 9.42 Å². The highest BCUT2D eigenvalue weighted by atomic mass is 16.4. The summed E-state index contributed by atoms with van der Waals surface area (Å²) in [5.41, 5.74) is 8.37. The Morgan fingerprint density at radius 1 is 1.24 bits per heavy atom. The van der Waals surface area contributed by atoms with Crippen molar-refractivity contribution in [2.75, 3.05) is 18.8 Å². The second kappa shape index (κ2) is 6.04. The predicted octanol–water partition coefficient (Wildman–Crippen LogP) is 2.23. The first-order valence-corrected chi connectivity index (χ1v) is 8.18. The summed E-state index contributed by atoms with van der Waals surface area (Å²) < 4.78 is 1.52. The van der Waals surface area contributed by atoms with E-state index in [9.17, 15) is 9.90 Å². The zero-order valence-electron chi connectivity index (χ0n) is 13.5. The van der Waals surface area contributed by atoms with Crippen LogP contribution in [0.4, 0.5) is 10.7 Å². The summed E-state index contributed by atoms with van der Waals surface area (Å²) in [6.45, 7) is 0.964. The van der Waals surface area contributed by atoms with Gasteiger partial charge in [0.1, 0.15) is 0 Å². The molecule has 2 aromatic heterocycles. The molecule has 0 radical (unpaired) electrons. The molecule has 1 saturated heterocycles. The van der Waals surface area contributed by atoms with Crippen LogP contribution in [-0.2, 0) is 0 Å². The van der Waals surface area contributed by atoms with E-state index in [1.54, 1.807) is 0 Å². The quantitative estimate of drug-likeness (QED) is 0.741. The number of nitrogens with two attached hydrogens (primary N) is 1. The maximum atomic E-state index is 11.2. The minimum absolute atomic E-state index is 0.0238. The van der Waals surface area contributed by atoms with E-state index < -0.39 is 6.09 Å². The van der Waals surface area contributed by atoms with Gasteiger partial charge in [0, 0.05) is 30.6 Å². The fourth-order valence-corrected chi connectivity index (χ4v) is 3.22. The Hall–Kier alpha value is -3.16. The second-order valence-corrected chi connectivity index (χ2v) is 6.17. The van der Waals surface area contributed by atoms with Gasteiger partial charge in [0.05, 0.1) is 5.69 Å². The number of nitrogens with zero attached hydrogens (tertiary/aromatic N) is 5. The maximum Gasteiger partial charge on any atom is 0.407 e. The molecule has 3 N–H and O–H groups in total. The Labute approximate surface area is 143 Å². The molecular formula is C17H18N6O2. The molecule has 8 nitrogen and oxygen atoms in total. The molecule has 128 valence electrons. The molecule has 0 aliphatic carbocycles. The lowest BCUT2D eigenvalue weighted by Crippen LogP contribution is -2.38. The van der Waals surface area contributed by atoms with Crippen molar-refractivity contribution in [1.29, 1.82) is 0 Å². The third-order valence-corrected chi connectivity index (χ3v) is 4.49. The number of hydrogen-bond acceptors (Lipinski definition) is 5. The fraction of sp³-hybridized carbons (Fsp3) is 0.294. The summed E-state index contributed by atoms with van der Waals surface area (Å²) in [6.07, 6.45) is 0.760. The summed E-state index contributed by atoms with van der Waals surface area (Å²) in [4.78, 5) is 21.6. The second-order valence-electron chi connectivity index (χ2n) is 6.17. The molecule has 3 heterocycles. The number of nitrogen functional groups attached to an aromatic ring is 1. The first kappa shape index (κ1) is 15.4. The van der Waals surface area contributed by atoms with Gasteiger partial charge in [-0.15, -0.1) is 5.10 Å². The molecular weight excluding hydrogens is 320 g/mol. The summed E-state index contributed by atoms with van der Waals surface area (Å²) in [5.74, 6) is 0.856. The van der Waals surface area contributed by atoms with Crippen LogP contribution in [0, 0.1) is 0 Å². The summed E-state index contributed by atoms with van der Waals surface area (Å²) >= 11 is 0. The summed E-state index contributed by atoms with van der Waals surface area (Å²) in [6, 6.07) is 11.6. The van der Waals surface area contributed by atoms with Crippen LogP contribution in [0.25, 0.3) is 16.9 Å². The lowest BCUT2D eigenvalue weighted by molar-refractivity contribution is 0.129. The molecule has 1 unspecified atom stereocenters. The molecule has 0 bridgehead atoms. The van der Waals surface area contributed by atoms with Crippen LogP contribution in [0.3, 0.4) is 0 Å². The number of piperidine rings is 1. The third-order valence-electron chi connectivity index (χ3n) is 4.49. The standard InChI is InChI=1S/C17H18N6O2/c18-16-19-13(11-5-2-1-3-6-11)9-14-20-15(21-23(14)16)12-7-4-8-22(10-12)17(24)25/h1-3,5-6,9,12H,4,7-8,10H2,(H2,18,19)(H,24,25). The number of carboxylic acid groups (broad SMARTS) is 1. The van der Waals surface area contributed by atoms with Crippen LogP contribution in [0.1, 0.15) is 24.6 Å². The van der Waals surface area contributed by atoms with Crippen LogP contribution in [0.15, 0.2) is 36.4 Å². The zero-order valence-corrected chi connectivity index (χ0v) is 13.5. The Balaban J connectivity index is 1.70. The van der Waals surface area contributed by atoms with E-state index in [-0.39, 0.29) is 11.9 Å². The highest BCUT2D eigenvalue weighted by Crippen LogP contribution is 2.26. The molecule has 1 atom stereocenters. The molecule has 4 rings (SSSR count). The maximum absolute atomic E-state index is 11.2. The molecule has 1 fully saturated rings. The molecule has 25 heavy (non-hydrogen) atoms. The number of fused-ring (bicyclic) bond motifs is 1. The van der Waals surface area contributed by atoms with Gasteiger partial charge in [-0.2, -0.15) is 4.52 Å². The van der Waals surface area contributed by atoms with Crippen molar-refractivity contribution in [1.82, 2.24) is 24.5 Å². The van der Waals surface area contributed by atoms with E-state index >= 15 is 0 Å². The number of rotatable bonds is 2. The molecule has 3 aromatic rings. The van der Waals surface area contributed by atoms with Gasteiger partial charge >= 0.3 is 6.09 Å². The molecule has 1 aliphatic heterocycles. The summed E-state index contributed by atoms with van der Waals surface area (Å²) in [7, 11) is 0. The number of anilines is 1.